The van der Waals surface area contributed by atoms with Gasteiger partial charge < -0.3 is 25.0 Å². The highest BCUT2D eigenvalue weighted by Crippen LogP contribution is 2.36. The van der Waals surface area contributed by atoms with Crippen LogP contribution in [0.2, 0.25) is 10.0 Å². The molecule has 10 nitrogen and oxygen atoms in total. The van der Waals surface area contributed by atoms with Crippen molar-refractivity contribution in [1.29, 1.82) is 0 Å². The molecule has 0 radical (unpaired) electrons. The largest absolute Gasteiger partial charge is 0.487 e. The zero-order valence-electron chi connectivity index (χ0n) is 26.6. The van der Waals surface area contributed by atoms with Crippen LogP contribution < -0.4 is 25.0 Å². The number of aromatic nitrogens is 2. The predicted octanol–water partition coefficient (Wildman–Crippen LogP) is 6.68. The number of aryl methyl sites for hydroxylation is 1. The second-order valence-corrected chi connectivity index (χ2v) is 11.7. The number of hydrogen-bond acceptors (Lipinski definition) is 7. The van der Waals surface area contributed by atoms with Gasteiger partial charge in [0.15, 0.2) is 0 Å². The number of nitrogens with zero attached hydrogens (tertiary/aromatic N) is 3. The second-order valence-electron chi connectivity index (χ2n) is 11.0. The molecule has 0 spiro atoms. The monoisotopic (exact) mass is 685 g/mol. The van der Waals surface area contributed by atoms with Crippen molar-refractivity contribution in [3.63, 3.8) is 0 Å². The van der Waals surface area contributed by atoms with E-state index in [0.29, 0.717) is 45.6 Å². The van der Waals surface area contributed by atoms with Gasteiger partial charge in [0.25, 0.3) is 0 Å². The number of rotatable bonds is 12. The minimum Gasteiger partial charge on any atom is -0.487 e. The maximum absolute atomic E-state index is 13.1. The molecule has 2 aromatic heterocycles. The van der Waals surface area contributed by atoms with Crippen molar-refractivity contribution < 1.29 is 23.9 Å². The van der Waals surface area contributed by atoms with Crippen LogP contribution in [0.15, 0.2) is 85.1 Å². The van der Waals surface area contributed by atoms with E-state index in [1.54, 1.807) is 55.7 Å². The summed E-state index contributed by atoms with van der Waals surface area (Å²) in [5.41, 5.74) is 4.42. The van der Waals surface area contributed by atoms with E-state index in [-0.39, 0.29) is 42.3 Å². The molecule has 2 N–H and O–H groups in total. The number of pyridine rings is 2. The van der Waals surface area contributed by atoms with Gasteiger partial charge in [-0.3, -0.25) is 19.4 Å². The van der Waals surface area contributed by atoms with E-state index in [0.717, 1.165) is 22.3 Å². The van der Waals surface area contributed by atoms with Crippen LogP contribution in [0.1, 0.15) is 29.4 Å². The highest BCUT2D eigenvalue weighted by Gasteiger charge is 2.20. The third kappa shape index (κ3) is 8.58. The molecule has 3 amide bonds. The Morgan fingerprint density at radius 3 is 2.40 bits per heavy atom. The highest BCUT2D eigenvalue weighted by atomic mass is 35.5. The lowest BCUT2D eigenvalue weighted by Gasteiger charge is -2.21. The molecule has 0 bridgehead atoms. The number of carbonyl (C=O) groups is 3. The fraction of sp³-hybridized carbons (Fsp3) is 0.194. The molecule has 3 aromatic carbocycles. The number of halogens is 2. The highest BCUT2D eigenvalue weighted by molar-refractivity contribution is 6.38. The Morgan fingerprint density at radius 1 is 0.896 bits per heavy atom. The lowest BCUT2D eigenvalue weighted by molar-refractivity contribution is -0.124. The number of carbonyl (C=O) groups excluding carboxylic acids is 3. The second kappa shape index (κ2) is 15.6. The zero-order chi connectivity index (χ0) is 34.2. The molecule has 0 saturated carbocycles. The molecule has 5 aromatic rings. The molecule has 0 aliphatic heterocycles. The first-order valence-corrected chi connectivity index (χ1v) is 15.8. The van der Waals surface area contributed by atoms with Gasteiger partial charge >= 0.3 is 0 Å². The van der Waals surface area contributed by atoms with Crippen LogP contribution in [0, 0.1) is 6.92 Å². The van der Waals surface area contributed by atoms with Gasteiger partial charge in [0.05, 0.1) is 29.4 Å². The Balaban J connectivity index is 1.24. The van der Waals surface area contributed by atoms with Crippen molar-refractivity contribution in [3.05, 3.63) is 118 Å². The molecule has 0 aliphatic carbocycles. The number of hydrogen-bond donors (Lipinski definition) is 2. The summed E-state index contributed by atoms with van der Waals surface area (Å²) in [5.74, 6) is 0.266. The number of nitrogens with one attached hydrogen (secondary N) is 2. The van der Waals surface area contributed by atoms with Crippen molar-refractivity contribution in [1.82, 2.24) is 15.3 Å². The van der Waals surface area contributed by atoms with Gasteiger partial charge in [0, 0.05) is 53.6 Å². The summed E-state index contributed by atoms with van der Waals surface area (Å²) in [5, 5.41) is 6.71. The third-order valence-electron chi connectivity index (χ3n) is 7.34. The average molecular weight is 687 g/mol. The fourth-order valence-electron chi connectivity index (χ4n) is 4.89. The Labute approximate surface area is 288 Å². The van der Waals surface area contributed by atoms with E-state index in [9.17, 15) is 14.4 Å². The van der Waals surface area contributed by atoms with E-state index in [2.05, 4.69) is 15.6 Å². The smallest absolute Gasteiger partial charge is 0.246 e. The molecular weight excluding hydrogens is 653 g/mol. The Bertz CT molecular complexity index is 1960. The normalized spacial score (nSPS) is 10.8. The van der Waals surface area contributed by atoms with Gasteiger partial charge in [0.2, 0.25) is 17.7 Å². The van der Waals surface area contributed by atoms with Crippen LogP contribution in [0.4, 0.5) is 11.4 Å². The predicted molar refractivity (Wildman–Crippen MR) is 187 cm³/mol. The number of benzene rings is 3. The maximum Gasteiger partial charge on any atom is 0.246 e. The van der Waals surface area contributed by atoms with Crippen LogP contribution in [0.5, 0.6) is 11.5 Å². The lowest BCUT2D eigenvalue weighted by Crippen LogP contribution is -2.38. The van der Waals surface area contributed by atoms with Gasteiger partial charge in [0.1, 0.15) is 30.2 Å². The summed E-state index contributed by atoms with van der Waals surface area (Å²) in [6, 6.07) is 23.3. The molecule has 5 rings (SSSR count). The van der Waals surface area contributed by atoms with Crippen molar-refractivity contribution >= 4 is 63.2 Å². The van der Waals surface area contributed by atoms with Crippen LogP contribution in [0.25, 0.3) is 10.9 Å². The number of ether oxygens (including phenoxy) is 2. The maximum atomic E-state index is 13.1. The van der Waals surface area contributed by atoms with Crippen molar-refractivity contribution in [2.24, 2.45) is 0 Å². The number of amides is 3. The fourth-order valence-corrected chi connectivity index (χ4v) is 5.50. The summed E-state index contributed by atoms with van der Waals surface area (Å²) in [6.45, 7) is 3.36. The molecule has 2 heterocycles. The summed E-state index contributed by atoms with van der Waals surface area (Å²) in [6.07, 6.45) is 1.79. The minimum atomic E-state index is -0.382. The first kappa shape index (κ1) is 34.2. The van der Waals surface area contributed by atoms with Crippen LogP contribution in [-0.2, 0) is 34.0 Å². The molecule has 0 fully saturated rings. The van der Waals surface area contributed by atoms with Crippen LogP contribution in [-0.4, -0.2) is 41.3 Å². The van der Waals surface area contributed by atoms with Crippen molar-refractivity contribution in [3.8, 4) is 11.5 Å². The standard InChI is InChI=1S/C36H33Cl2N5O5/c1-22-17-32(47-20-26-7-4-5-16-39-26)27-8-6-9-31(36(27)41-22)48-21-28-29(37)14-15-30(35(28)38)43(3)34(46)19-40-33(45)18-24-10-12-25(13-11-24)42-23(2)44/h4-17H,18-21H2,1-3H3,(H,40,45)(H,42,44). The van der Waals surface area contributed by atoms with E-state index < -0.39 is 0 Å². The van der Waals surface area contributed by atoms with Crippen LogP contribution in [0.3, 0.4) is 0 Å². The van der Waals surface area contributed by atoms with Gasteiger partial charge in [-0.2, -0.15) is 0 Å². The Morgan fingerprint density at radius 2 is 1.67 bits per heavy atom. The third-order valence-corrected chi connectivity index (χ3v) is 8.12. The topological polar surface area (TPSA) is 123 Å². The molecular formula is C36H33Cl2N5O5. The number of anilines is 2. The summed E-state index contributed by atoms with van der Waals surface area (Å²) in [4.78, 5) is 47.2. The summed E-state index contributed by atoms with van der Waals surface area (Å²) >= 11 is 13.3. The molecule has 0 unspecified atom stereocenters. The summed E-state index contributed by atoms with van der Waals surface area (Å²) < 4.78 is 12.3. The first-order chi connectivity index (χ1) is 23.1. The minimum absolute atomic E-state index is 0.00383. The Kier molecular flexibility index (Phi) is 11.1. The van der Waals surface area contributed by atoms with E-state index in [4.69, 9.17) is 37.7 Å². The van der Waals surface area contributed by atoms with Gasteiger partial charge in [-0.1, -0.05) is 47.5 Å². The zero-order valence-corrected chi connectivity index (χ0v) is 28.1. The van der Waals surface area contributed by atoms with E-state index >= 15 is 0 Å². The van der Waals surface area contributed by atoms with Gasteiger partial charge in [-0.25, -0.2) is 4.98 Å². The van der Waals surface area contributed by atoms with Crippen LogP contribution >= 0.6 is 23.2 Å². The van der Waals surface area contributed by atoms with Crippen molar-refractivity contribution in [2.75, 3.05) is 23.8 Å². The molecule has 48 heavy (non-hydrogen) atoms. The number of para-hydroxylation sites is 1. The van der Waals surface area contributed by atoms with E-state index in [1.807, 2.05) is 43.3 Å². The SMILES string of the molecule is CC(=O)Nc1ccc(CC(=O)NCC(=O)N(C)c2ccc(Cl)c(COc3cccc4c(OCc5ccccn5)cc(C)nc34)c2Cl)cc1. The van der Waals surface area contributed by atoms with Gasteiger partial charge in [-0.05, 0) is 61.0 Å². The first-order valence-electron chi connectivity index (χ1n) is 15.0. The molecule has 0 aliphatic rings. The quantitative estimate of drug-likeness (QED) is 0.150. The molecule has 0 atom stereocenters. The van der Waals surface area contributed by atoms with Crippen molar-refractivity contribution in [2.45, 2.75) is 33.5 Å². The number of fused-ring (bicyclic) bond motifs is 1. The molecule has 12 heteroatoms. The van der Waals surface area contributed by atoms with Gasteiger partial charge in [-0.15, -0.1) is 0 Å². The van der Waals surface area contributed by atoms with E-state index in [1.165, 1.54) is 11.8 Å². The molecule has 246 valence electrons. The molecule has 0 saturated heterocycles. The number of likely N-dealkylation sites (N-methyl/N-ethyl adjacent to an activating group) is 1. The Hall–Kier alpha value is -5.19. The average Bonchev–Trinajstić information content (AvgIpc) is 3.07. The lowest BCUT2D eigenvalue weighted by atomic mass is 10.1. The summed E-state index contributed by atoms with van der Waals surface area (Å²) in [7, 11) is 1.57.